The number of aromatic nitrogens is 4. The number of nitrogens with one attached hydrogen (secondary N) is 1. The molecular weight excluding hydrogens is 414 g/mol. The standard InChI is InChI=1S/C19H20F2N6O2S/c1-26-12-23-24-19(26)13-4-6-27(7-5-13)18-3-2-17(11-22-18)30(28,29)25-16-9-14(20)8-15(21)10-16/h2-3,8-13,25H,4-7H2,1H3. The highest BCUT2D eigenvalue weighted by Crippen LogP contribution is 2.28. The van der Waals surface area contributed by atoms with Crippen molar-refractivity contribution in [3.05, 3.63) is 60.3 Å². The smallest absolute Gasteiger partial charge is 0.263 e. The van der Waals surface area contributed by atoms with E-state index < -0.39 is 21.7 Å². The normalized spacial score (nSPS) is 15.4. The Hall–Kier alpha value is -3.08. The zero-order valence-electron chi connectivity index (χ0n) is 16.2. The third kappa shape index (κ3) is 4.25. The molecule has 0 aliphatic carbocycles. The average Bonchev–Trinajstić information content (AvgIpc) is 3.13. The molecule has 11 heteroatoms. The lowest BCUT2D eigenvalue weighted by atomic mass is 9.96. The number of piperidine rings is 1. The van der Waals surface area contributed by atoms with Crippen LogP contribution in [0.3, 0.4) is 0 Å². The quantitative estimate of drug-likeness (QED) is 0.664. The summed E-state index contributed by atoms with van der Waals surface area (Å²) in [5.74, 6) is 0.215. The van der Waals surface area contributed by atoms with Crippen LogP contribution in [0.15, 0.2) is 47.8 Å². The lowest BCUT2D eigenvalue weighted by molar-refractivity contribution is 0.472. The van der Waals surface area contributed by atoms with Gasteiger partial charge in [0.1, 0.15) is 34.5 Å². The maximum Gasteiger partial charge on any atom is 0.263 e. The number of rotatable bonds is 5. The van der Waals surface area contributed by atoms with Crippen LogP contribution < -0.4 is 9.62 Å². The highest BCUT2D eigenvalue weighted by Gasteiger charge is 2.25. The molecule has 1 N–H and O–H groups in total. The molecule has 1 saturated heterocycles. The number of halogens is 2. The Kier molecular flexibility index (Phi) is 5.37. The van der Waals surface area contributed by atoms with Gasteiger partial charge in [-0.3, -0.25) is 4.72 Å². The molecule has 8 nitrogen and oxygen atoms in total. The number of aryl methyl sites for hydroxylation is 1. The first kappa shape index (κ1) is 20.2. The molecule has 0 radical (unpaired) electrons. The highest BCUT2D eigenvalue weighted by atomic mass is 32.2. The SMILES string of the molecule is Cn1cnnc1C1CCN(c2ccc(S(=O)(=O)Nc3cc(F)cc(F)c3)cn2)CC1. The molecule has 0 amide bonds. The zero-order chi connectivity index (χ0) is 21.3. The predicted molar refractivity (Wildman–Crippen MR) is 107 cm³/mol. The fourth-order valence-corrected chi connectivity index (χ4v) is 4.56. The van der Waals surface area contributed by atoms with Crippen LogP contribution in [0.5, 0.6) is 0 Å². The number of hydrogen-bond donors (Lipinski definition) is 1. The van der Waals surface area contributed by atoms with E-state index in [1.165, 1.54) is 12.3 Å². The topological polar surface area (TPSA) is 93.0 Å². The van der Waals surface area contributed by atoms with E-state index in [1.807, 2.05) is 11.6 Å². The summed E-state index contributed by atoms with van der Waals surface area (Å²) in [6.45, 7) is 1.52. The molecule has 0 unspecified atom stereocenters. The lowest BCUT2D eigenvalue weighted by Gasteiger charge is -2.32. The minimum atomic E-state index is -4.02. The van der Waals surface area contributed by atoms with Gasteiger partial charge >= 0.3 is 0 Å². The van der Waals surface area contributed by atoms with Crippen LogP contribution >= 0.6 is 0 Å². The van der Waals surface area contributed by atoms with Crippen molar-refractivity contribution in [1.29, 1.82) is 0 Å². The van der Waals surface area contributed by atoms with Gasteiger partial charge in [0.05, 0.1) is 5.69 Å². The minimum Gasteiger partial charge on any atom is -0.357 e. The van der Waals surface area contributed by atoms with Gasteiger partial charge < -0.3 is 9.47 Å². The van der Waals surface area contributed by atoms with E-state index in [0.717, 1.165) is 43.9 Å². The van der Waals surface area contributed by atoms with Crippen molar-refractivity contribution >= 4 is 21.5 Å². The number of nitrogens with zero attached hydrogens (tertiary/aromatic N) is 5. The van der Waals surface area contributed by atoms with Crippen molar-refractivity contribution in [3.8, 4) is 0 Å². The molecule has 2 aromatic heterocycles. The minimum absolute atomic E-state index is 0.0927. The van der Waals surface area contributed by atoms with E-state index in [0.29, 0.717) is 17.8 Å². The van der Waals surface area contributed by atoms with Gasteiger partial charge in [0.25, 0.3) is 10.0 Å². The highest BCUT2D eigenvalue weighted by molar-refractivity contribution is 7.92. The van der Waals surface area contributed by atoms with E-state index in [9.17, 15) is 17.2 Å². The molecule has 158 valence electrons. The van der Waals surface area contributed by atoms with Crippen molar-refractivity contribution in [2.24, 2.45) is 7.05 Å². The van der Waals surface area contributed by atoms with Crippen molar-refractivity contribution in [2.45, 2.75) is 23.7 Å². The lowest BCUT2D eigenvalue weighted by Crippen LogP contribution is -2.34. The molecule has 0 bridgehead atoms. The Morgan fingerprint density at radius 3 is 2.37 bits per heavy atom. The molecule has 4 rings (SSSR count). The summed E-state index contributed by atoms with van der Waals surface area (Å²) in [6.07, 6.45) is 4.71. The monoisotopic (exact) mass is 434 g/mol. The number of anilines is 2. The predicted octanol–water partition coefficient (Wildman–Crippen LogP) is 2.67. The maximum atomic E-state index is 13.3. The fraction of sp³-hybridized carbons (Fsp3) is 0.316. The van der Waals surface area contributed by atoms with Gasteiger partial charge in [0, 0.05) is 38.3 Å². The fourth-order valence-electron chi connectivity index (χ4n) is 3.57. The molecule has 3 aromatic rings. The van der Waals surface area contributed by atoms with Crippen LogP contribution in [0.2, 0.25) is 0 Å². The van der Waals surface area contributed by atoms with Crippen LogP contribution in [-0.2, 0) is 17.1 Å². The number of pyridine rings is 1. The second kappa shape index (κ2) is 7.98. The average molecular weight is 434 g/mol. The van der Waals surface area contributed by atoms with Gasteiger partial charge in [0.2, 0.25) is 0 Å². The third-order valence-electron chi connectivity index (χ3n) is 5.08. The summed E-state index contributed by atoms with van der Waals surface area (Å²) >= 11 is 0. The van der Waals surface area contributed by atoms with Crippen LogP contribution in [-0.4, -0.2) is 41.3 Å². The molecular formula is C19H20F2N6O2S. The molecule has 1 fully saturated rings. The van der Waals surface area contributed by atoms with Crippen molar-refractivity contribution < 1.29 is 17.2 Å². The van der Waals surface area contributed by atoms with Gasteiger partial charge in [0.15, 0.2) is 0 Å². The summed E-state index contributed by atoms with van der Waals surface area (Å²) in [4.78, 5) is 6.27. The number of hydrogen-bond acceptors (Lipinski definition) is 6. The molecule has 1 aromatic carbocycles. The Labute approximate surface area is 172 Å². The summed E-state index contributed by atoms with van der Waals surface area (Å²) in [7, 11) is -2.09. The van der Waals surface area contributed by atoms with Crippen LogP contribution in [0, 0.1) is 11.6 Å². The molecule has 0 spiro atoms. The molecule has 1 aliphatic rings. The van der Waals surface area contributed by atoms with Crippen molar-refractivity contribution in [2.75, 3.05) is 22.7 Å². The van der Waals surface area contributed by atoms with Gasteiger partial charge in [-0.15, -0.1) is 10.2 Å². The Morgan fingerprint density at radius 1 is 1.10 bits per heavy atom. The van der Waals surface area contributed by atoms with Crippen LogP contribution in [0.25, 0.3) is 0 Å². The Bertz CT molecular complexity index is 1120. The third-order valence-corrected chi connectivity index (χ3v) is 6.44. The van der Waals surface area contributed by atoms with Gasteiger partial charge in [-0.25, -0.2) is 22.2 Å². The molecule has 0 atom stereocenters. The summed E-state index contributed by atoms with van der Waals surface area (Å²) in [6, 6.07) is 5.54. The zero-order valence-corrected chi connectivity index (χ0v) is 17.0. The maximum absolute atomic E-state index is 13.3. The van der Waals surface area contributed by atoms with Crippen molar-refractivity contribution in [3.63, 3.8) is 0 Å². The van der Waals surface area contributed by atoms with E-state index in [-0.39, 0.29) is 10.6 Å². The van der Waals surface area contributed by atoms with Gasteiger partial charge in [-0.05, 0) is 37.1 Å². The molecule has 1 aliphatic heterocycles. The summed E-state index contributed by atoms with van der Waals surface area (Å²) in [5, 5.41) is 8.11. The van der Waals surface area contributed by atoms with E-state index in [2.05, 4.69) is 24.8 Å². The second-order valence-corrected chi connectivity index (χ2v) is 8.86. The van der Waals surface area contributed by atoms with E-state index in [4.69, 9.17) is 0 Å². The first-order valence-corrected chi connectivity index (χ1v) is 10.8. The largest absolute Gasteiger partial charge is 0.357 e. The van der Waals surface area contributed by atoms with Crippen LogP contribution in [0.4, 0.5) is 20.3 Å². The first-order chi connectivity index (χ1) is 14.3. The van der Waals surface area contributed by atoms with Gasteiger partial charge in [-0.1, -0.05) is 0 Å². The Balaban J connectivity index is 1.43. The summed E-state index contributed by atoms with van der Waals surface area (Å²) < 4.78 is 55.7. The molecule has 30 heavy (non-hydrogen) atoms. The van der Waals surface area contributed by atoms with Crippen LogP contribution in [0.1, 0.15) is 24.6 Å². The molecule has 3 heterocycles. The molecule has 0 saturated carbocycles. The Morgan fingerprint density at radius 2 is 1.80 bits per heavy atom. The first-order valence-electron chi connectivity index (χ1n) is 9.35. The van der Waals surface area contributed by atoms with E-state index in [1.54, 1.807) is 12.4 Å². The van der Waals surface area contributed by atoms with E-state index >= 15 is 0 Å². The van der Waals surface area contributed by atoms with Gasteiger partial charge in [-0.2, -0.15) is 0 Å². The number of benzene rings is 1. The second-order valence-electron chi connectivity index (χ2n) is 7.18. The summed E-state index contributed by atoms with van der Waals surface area (Å²) in [5.41, 5.74) is -0.192. The van der Waals surface area contributed by atoms with Crippen molar-refractivity contribution in [1.82, 2.24) is 19.7 Å². The number of sulfonamides is 1.